The Hall–Kier alpha value is -2.56. The minimum Gasteiger partial charge on any atom is -0.494 e. The average Bonchev–Trinajstić information content (AvgIpc) is 2.46. The molecule has 0 spiro atoms. The maximum Gasteiger partial charge on any atom is 0.337 e. The van der Waals surface area contributed by atoms with Gasteiger partial charge in [0.15, 0.2) is 0 Å². The van der Waals surface area contributed by atoms with Crippen LogP contribution in [0.5, 0.6) is 17.4 Å². The molecule has 0 amide bonds. The summed E-state index contributed by atoms with van der Waals surface area (Å²) in [5.41, 5.74) is 0.591. The van der Waals surface area contributed by atoms with Crippen LogP contribution in [0.25, 0.3) is 0 Å². The van der Waals surface area contributed by atoms with Gasteiger partial charge in [-0.3, -0.25) is 0 Å². The highest BCUT2D eigenvalue weighted by atomic mass is 16.5. The van der Waals surface area contributed by atoms with E-state index >= 15 is 0 Å². The van der Waals surface area contributed by atoms with Gasteiger partial charge in [0.1, 0.15) is 11.5 Å². The molecule has 1 N–H and O–H groups in total. The fraction of sp³-hybridized carbons (Fsp3) is 0.250. The molecule has 0 aliphatic heterocycles. The molecular formula is C16H17NO4. The molecule has 5 nitrogen and oxygen atoms in total. The zero-order chi connectivity index (χ0) is 15.2. The third kappa shape index (κ3) is 3.95. The normalized spacial score (nSPS) is 10.2. The van der Waals surface area contributed by atoms with E-state index in [2.05, 4.69) is 4.98 Å². The van der Waals surface area contributed by atoms with Crippen molar-refractivity contribution < 1.29 is 19.4 Å². The minimum atomic E-state index is -0.996. The van der Waals surface area contributed by atoms with Crippen molar-refractivity contribution in [3.05, 3.63) is 47.7 Å². The van der Waals surface area contributed by atoms with Crippen molar-refractivity contribution in [1.82, 2.24) is 4.98 Å². The molecule has 5 heteroatoms. The van der Waals surface area contributed by atoms with E-state index in [1.807, 2.05) is 19.1 Å². The van der Waals surface area contributed by atoms with Gasteiger partial charge in [0.05, 0.1) is 17.9 Å². The maximum atomic E-state index is 10.9. The van der Waals surface area contributed by atoms with Crippen molar-refractivity contribution in [3.8, 4) is 17.4 Å². The van der Waals surface area contributed by atoms with E-state index in [0.717, 1.165) is 12.2 Å². The van der Waals surface area contributed by atoms with Gasteiger partial charge in [-0.15, -0.1) is 0 Å². The molecule has 0 atom stereocenters. The molecule has 2 rings (SSSR count). The van der Waals surface area contributed by atoms with Crippen LogP contribution in [-0.2, 0) is 0 Å². The second-order valence-corrected chi connectivity index (χ2v) is 4.51. The maximum absolute atomic E-state index is 10.9. The Kier molecular flexibility index (Phi) is 4.77. The smallest absolute Gasteiger partial charge is 0.337 e. The summed E-state index contributed by atoms with van der Waals surface area (Å²) in [6, 6.07) is 10.2. The van der Waals surface area contributed by atoms with E-state index in [-0.39, 0.29) is 5.56 Å². The van der Waals surface area contributed by atoms with Crippen molar-refractivity contribution in [3.63, 3.8) is 0 Å². The Morgan fingerprint density at radius 3 is 2.38 bits per heavy atom. The summed E-state index contributed by atoms with van der Waals surface area (Å²) in [7, 11) is 0. The SMILES string of the molecule is CCCOc1ccc(Oc2ccc(C(=O)O)c(C)n2)cc1. The summed E-state index contributed by atoms with van der Waals surface area (Å²) >= 11 is 0. The molecule has 0 bridgehead atoms. The number of ether oxygens (including phenoxy) is 2. The van der Waals surface area contributed by atoms with E-state index in [0.29, 0.717) is 23.9 Å². The summed E-state index contributed by atoms with van der Waals surface area (Å²) in [5.74, 6) is 0.770. The molecule has 0 aliphatic rings. The van der Waals surface area contributed by atoms with Crippen LogP contribution in [0, 0.1) is 6.92 Å². The van der Waals surface area contributed by atoms with Gasteiger partial charge in [-0.25, -0.2) is 9.78 Å². The number of nitrogens with zero attached hydrogens (tertiary/aromatic N) is 1. The molecule has 1 aromatic heterocycles. The largest absolute Gasteiger partial charge is 0.494 e. The Morgan fingerprint density at radius 1 is 1.14 bits per heavy atom. The number of aromatic nitrogens is 1. The zero-order valence-electron chi connectivity index (χ0n) is 12.0. The first-order valence-corrected chi connectivity index (χ1v) is 6.72. The molecule has 110 valence electrons. The predicted octanol–water partition coefficient (Wildman–Crippen LogP) is 3.67. The topological polar surface area (TPSA) is 68.7 Å². The average molecular weight is 287 g/mol. The second kappa shape index (κ2) is 6.74. The van der Waals surface area contributed by atoms with Crippen LogP contribution < -0.4 is 9.47 Å². The molecule has 0 saturated heterocycles. The highest BCUT2D eigenvalue weighted by molar-refractivity contribution is 5.88. The van der Waals surface area contributed by atoms with E-state index < -0.39 is 5.97 Å². The number of pyridine rings is 1. The number of carbonyl (C=O) groups is 1. The van der Waals surface area contributed by atoms with Crippen LogP contribution in [0.4, 0.5) is 0 Å². The molecule has 0 radical (unpaired) electrons. The molecule has 0 fully saturated rings. The molecule has 2 aromatic rings. The highest BCUT2D eigenvalue weighted by Crippen LogP contribution is 2.23. The van der Waals surface area contributed by atoms with E-state index in [9.17, 15) is 4.79 Å². The third-order valence-electron chi connectivity index (χ3n) is 2.81. The number of aryl methyl sites for hydroxylation is 1. The summed E-state index contributed by atoms with van der Waals surface area (Å²) in [5, 5.41) is 8.95. The molecule has 21 heavy (non-hydrogen) atoms. The monoisotopic (exact) mass is 287 g/mol. The van der Waals surface area contributed by atoms with Gasteiger partial charge in [-0.05, 0) is 43.7 Å². The van der Waals surface area contributed by atoms with Crippen LogP contribution in [0.3, 0.4) is 0 Å². The van der Waals surface area contributed by atoms with Gasteiger partial charge in [0.2, 0.25) is 5.88 Å². The van der Waals surface area contributed by atoms with Gasteiger partial charge in [0.25, 0.3) is 0 Å². The molecular weight excluding hydrogens is 270 g/mol. The molecule has 0 unspecified atom stereocenters. The fourth-order valence-electron chi connectivity index (χ4n) is 1.77. The number of carboxylic acid groups (broad SMARTS) is 1. The lowest BCUT2D eigenvalue weighted by Gasteiger charge is -2.08. The van der Waals surface area contributed by atoms with E-state index in [1.165, 1.54) is 12.1 Å². The second-order valence-electron chi connectivity index (χ2n) is 4.51. The lowest BCUT2D eigenvalue weighted by Crippen LogP contribution is -2.02. The minimum absolute atomic E-state index is 0.172. The first-order valence-electron chi connectivity index (χ1n) is 6.72. The first-order chi connectivity index (χ1) is 10.1. The Labute approximate surface area is 123 Å². The van der Waals surface area contributed by atoms with Gasteiger partial charge in [-0.2, -0.15) is 0 Å². The van der Waals surface area contributed by atoms with Gasteiger partial charge < -0.3 is 14.6 Å². The number of rotatable bonds is 6. The lowest BCUT2D eigenvalue weighted by molar-refractivity contribution is 0.0695. The molecule has 1 heterocycles. The summed E-state index contributed by atoms with van der Waals surface area (Å²) in [6.07, 6.45) is 0.956. The molecule has 0 saturated carbocycles. The van der Waals surface area contributed by atoms with E-state index in [1.54, 1.807) is 19.1 Å². The van der Waals surface area contributed by atoms with Crippen LogP contribution in [-0.4, -0.2) is 22.7 Å². The van der Waals surface area contributed by atoms with Crippen LogP contribution in [0.15, 0.2) is 36.4 Å². The molecule has 1 aromatic carbocycles. The highest BCUT2D eigenvalue weighted by Gasteiger charge is 2.09. The molecule has 0 aliphatic carbocycles. The van der Waals surface area contributed by atoms with Gasteiger partial charge in [-0.1, -0.05) is 6.92 Å². The number of benzene rings is 1. The quantitative estimate of drug-likeness (QED) is 0.877. The van der Waals surface area contributed by atoms with Crippen molar-refractivity contribution in [2.75, 3.05) is 6.61 Å². The van der Waals surface area contributed by atoms with Crippen molar-refractivity contribution >= 4 is 5.97 Å². The van der Waals surface area contributed by atoms with Crippen LogP contribution >= 0.6 is 0 Å². The Balaban J connectivity index is 2.07. The van der Waals surface area contributed by atoms with Gasteiger partial charge in [0, 0.05) is 6.07 Å². The number of hydrogen-bond acceptors (Lipinski definition) is 4. The Morgan fingerprint density at radius 2 is 1.81 bits per heavy atom. The van der Waals surface area contributed by atoms with Crippen LogP contribution in [0.2, 0.25) is 0 Å². The summed E-state index contributed by atoms with van der Waals surface area (Å²) < 4.78 is 11.1. The number of carboxylic acids is 1. The Bertz CT molecular complexity index is 623. The number of hydrogen-bond donors (Lipinski definition) is 1. The van der Waals surface area contributed by atoms with E-state index in [4.69, 9.17) is 14.6 Å². The third-order valence-corrected chi connectivity index (χ3v) is 2.81. The lowest BCUT2D eigenvalue weighted by atomic mass is 10.2. The predicted molar refractivity (Wildman–Crippen MR) is 78.2 cm³/mol. The summed E-state index contributed by atoms with van der Waals surface area (Å²) in [4.78, 5) is 15.0. The zero-order valence-corrected chi connectivity index (χ0v) is 12.0. The number of aromatic carboxylic acids is 1. The standard InChI is InChI=1S/C16H17NO4/c1-3-10-20-12-4-6-13(7-5-12)21-15-9-8-14(16(18)19)11(2)17-15/h4-9H,3,10H2,1-2H3,(H,18,19). The first kappa shape index (κ1) is 14.8. The van der Waals surface area contributed by atoms with Crippen molar-refractivity contribution in [2.45, 2.75) is 20.3 Å². The summed E-state index contributed by atoms with van der Waals surface area (Å²) in [6.45, 7) is 4.36. The van der Waals surface area contributed by atoms with Crippen molar-refractivity contribution in [2.24, 2.45) is 0 Å². The van der Waals surface area contributed by atoms with Gasteiger partial charge >= 0.3 is 5.97 Å². The van der Waals surface area contributed by atoms with Crippen LogP contribution in [0.1, 0.15) is 29.4 Å². The van der Waals surface area contributed by atoms with Crippen molar-refractivity contribution in [1.29, 1.82) is 0 Å². The fourth-order valence-corrected chi connectivity index (χ4v) is 1.77.